The van der Waals surface area contributed by atoms with Crippen molar-refractivity contribution in [2.75, 3.05) is 5.43 Å². The SMILES string of the molecule is CCCC(C)(C)[C@H]1CC/C(=N\Nc2ccc([N+](=O)[O-])cc2[N+](=O)[O-])[C@H](C)C1. The molecule has 0 saturated heterocycles. The number of nitro benzene ring substituents is 2. The number of hydrazone groups is 1. The highest BCUT2D eigenvalue weighted by Crippen LogP contribution is 2.42. The van der Waals surface area contributed by atoms with Gasteiger partial charge in [0.2, 0.25) is 0 Å². The van der Waals surface area contributed by atoms with Gasteiger partial charge in [0.15, 0.2) is 0 Å². The van der Waals surface area contributed by atoms with Gasteiger partial charge >= 0.3 is 5.69 Å². The van der Waals surface area contributed by atoms with Crippen LogP contribution in [0.15, 0.2) is 23.3 Å². The van der Waals surface area contributed by atoms with Crippen molar-refractivity contribution >= 4 is 22.8 Å². The summed E-state index contributed by atoms with van der Waals surface area (Å²) >= 11 is 0. The molecular formula is C19H28N4O4. The quantitative estimate of drug-likeness (QED) is 0.496. The van der Waals surface area contributed by atoms with Gasteiger partial charge in [0.25, 0.3) is 5.69 Å². The zero-order chi connectivity index (χ0) is 20.2. The van der Waals surface area contributed by atoms with E-state index in [-0.39, 0.29) is 17.1 Å². The van der Waals surface area contributed by atoms with E-state index in [9.17, 15) is 20.2 Å². The third-order valence-electron chi connectivity index (χ3n) is 5.66. The molecule has 1 aromatic carbocycles. The van der Waals surface area contributed by atoms with Gasteiger partial charge in [0.1, 0.15) is 5.69 Å². The Morgan fingerprint density at radius 3 is 2.52 bits per heavy atom. The Morgan fingerprint density at radius 1 is 1.26 bits per heavy atom. The molecule has 0 aromatic heterocycles. The predicted octanol–water partition coefficient (Wildman–Crippen LogP) is 5.53. The summed E-state index contributed by atoms with van der Waals surface area (Å²) in [5.74, 6) is 0.935. The number of nitro groups is 2. The lowest BCUT2D eigenvalue weighted by atomic mass is 9.66. The van der Waals surface area contributed by atoms with Crippen molar-refractivity contribution in [1.29, 1.82) is 0 Å². The van der Waals surface area contributed by atoms with Crippen molar-refractivity contribution in [2.24, 2.45) is 22.4 Å². The Bertz CT molecular complexity index is 745. The molecule has 0 spiro atoms. The van der Waals surface area contributed by atoms with Crippen LogP contribution in [0.4, 0.5) is 17.1 Å². The van der Waals surface area contributed by atoms with Gasteiger partial charge in [-0.2, -0.15) is 5.10 Å². The van der Waals surface area contributed by atoms with Crippen LogP contribution in [0.25, 0.3) is 0 Å². The number of nitrogens with one attached hydrogen (secondary N) is 1. The average molecular weight is 376 g/mol. The number of hydrogen-bond acceptors (Lipinski definition) is 6. The molecule has 8 nitrogen and oxygen atoms in total. The number of anilines is 1. The molecule has 27 heavy (non-hydrogen) atoms. The summed E-state index contributed by atoms with van der Waals surface area (Å²) in [6.45, 7) is 9.00. The Morgan fingerprint density at radius 2 is 1.96 bits per heavy atom. The Kier molecular flexibility index (Phi) is 6.51. The van der Waals surface area contributed by atoms with Crippen molar-refractivity contribution in [3.05, 3.63) is 38.4 Å². The molecule has 0 unspecified atom stereocenters. The van der Waals surface area contributed by atoms with Gasteiger partial charge in [-0.05, 0) is 49.0 Å². The van der Waals surface area contributed by atoms with E-state index in [1.807, 2.05) is 0 Å². The highest BCUT2D eigenvalue weighted by atomic mass is 16.6. The van der Waals surface area contributed by atoms with Crippen LogP contribution in [0.2, 0.25) is 0 Å². The van der Waals surface area contributed by atoms with E-state index in [2.05, 4.69) is 38.2 Å². The first-order valence-electron chi connectivity index (χ1n) is 9.41. The second-order valence-corrected chi connectivity index (χ2v) is 8.04. The lowest BCUT2D eigenvalue weighted by molar-refractivity contribution is -0.393. The maximum atomic E-state index is 11.2. The fourth-order valence-electron chi connectivity index (χ4n) is 3.98. The van der Waals surface area contributed by atoms with Crippen LogP contribution in [0, 0.1) is 37.5 Å². The largest absolute Gasteiger partial charge is 0.301 e. The summed E-state index contributed by atoms with van der Waals surface area (Å²) in [5.41, 5.74) is 3.56. The maximum absolute atomic E-state index is 11.2. The first-order chi connectivity index (χ1) is 12.7. The van der Waals surface area contributed by atoms with E-state index in [0.717, 1.165) is 31.0 Å². The first kappa shape index (κ1) is 20.8. The van der Waals surface area contributed by atoms with Gasteiger partial charge < -0.3 is 0 Å². The second-order valence-electron chi connectivity index (χ2n) is 8.04. The van der Waals surface area contributed by atoms with Gasteiger partial charge in [-0.3, -0.25) is 25.7 Å². The zero-order valence-electron chi connectivity index (χ0n) is 16.4. The maximum Gasteiger partial charge on any atom is 0.301 e. The molecule has 0 amide bonds. The van der Waals surface area contributed by atoms with Gasteiger partial charge in [0, 0.05) is 11.8 Å². The predicted molar refractivity (Wildman–Crippen MR) is 106 cm³/mol. The number of nitrogens with zero attached hydrogens (tertiary/aromatic N) is 3. The van der Waals surface area contributed by atoms with Gasteiger partial charge in [0.05, 0.1) is 15.9 Å². The number of hydrogen-bond donors (Lipinski definition) is 1. The summed E-state index contributed by atoms with van der Waals surface area (Å²) in [6.07, 6.45) is 5.33. The topological polar surface area (TPSA) is 111 Å². The van der Waals surface area contributed by atoms with Crippen LogP contribution in [-0.2, 0) is 0 Å². The monoisotopic (exact) mass is 376 g/mol. The lowest BCUT2D eigenvalue weighted by Gasteiger charge is -2.39. The molecule has 0 aliphatic heterocycles. The molecule has 1 saturated carbocycles. The van der Waals surface area contributed by atoms with E-state index in [4.69, 9.17) is 0 Å². The van der Waals surface area contributed by atoms with E-state index >= 15 is 0 Å². The molecule has 0 heterocycles. The summed E-state index contributed by atoms with van der Waals surface area (Å²) in [7, 11) is 0. The van der Waals surface area contributed by atoms with Crippen LogP contribution in [0.1, 0.15) is 59.8 Å². The summed E-state index contributed by atoms with van der Waals surface area (Å²) in [6, 6.07) is 3.53. The molecule has 148 valence electrons. The third-order valence-corrected chi connectivity index (χ3v) is 5.66. The van der Waals surface area contributed by atoms with Gasteiger partial charge in [-0.1, -0.05) is 34.1 Å². The molecule has 2 atom stereocenters. The summed E-state index contributed by atoms with van der Waals surface area (Å²) in [5, 5.41) is 26.5. The van der Waals surface area contributed by atoms with E-state index < -0.39 is 9.85 Å². The Hall–Kier alpha value is -2.51. The molecule has 0 bridgehead atoms. The third kappa shape index (κ3) is 5.02. The Labute approximate surface area is 159 Å². The zero-order valence-corrected chi connectivity index (χ0v) is 16.4. The molecule has 8 heteroatoms. The summed E-state index contributed by atoms with van der Waals surface area (Å²) < 4.78 is 0. The van der Waals surface area contributed by atoms with Crippen LogP contribution < -0.4 is 5.43 Å². The summed E-state index contributed by atoms with van der Waals surface area (Å²) in [4.78, 5) is 20.8. The molecule has 2 rings (SSSR count). The van der Waals surface area contributed by atoms with Crippen molar-refractivity contribution < 1.29 is 9.85 Å². The molecule has 1 N–H and O–H groups in total. The smallest absolute Gasteiger partial charge is 0.272 e. The minimum atomic E-state index is -0.649. The molecule has 1 fully saturated rings. The van der Waals surface area contributed by atoms with E-state index in [1.54, 1.807) is 0 Å². The van der Waals surface area contributed by atoms with Crippen LogP contribution in [0.3, 0.4) is 0 Å². The first-order valence-corrected chi connectivity index (χ1v) is 9.41. The van der Waals surface area contributed by atoms with Crippen molar-refractivity contribution in [3.63, 3.8) is 0 Å². The average Bonchev–Trinajstić information content (AvgIpc) is 2.60. The molecular weight excluding hydrogens is 348 g/mol. The Balaban J connectivity index is 2.13. The fourth-order valence-corrected chi connectivity index (χ4v) is 3.98. The number of non-ortho nitro benzene ring substituents is 1. The molecule has 0 radical (unpaired) electrons. The van der Waals surface area contributed by atoms with Crippen molar-refractivity contribution in [1.82, 2.24) is 0 Å². The fraction of sp³-hybridized carbons (Fsp3) is 0.632. The van der Waals surface area contributed by atoms with Gasteiger partial charge in [-0.15, -0.1) is 0 Å². The van der Waals surface area contributed by atoms with Crippen molar-refractivity contribution in [2.45, 2.75) is 59.8 Å². The standard InChI is InChI=1S/C19H28N4O4/c1-5-10-19(3,4)14-6-8-16(13(2)11-14)20-21-17-9-7-15(22(24)25)12-18(17)23(26)27/h7,9,12-14,21H,5-6,8,10-11H2,1-4H3/b20-16+/t13-,14+/m1/s1. The second kappa shape index (κ2) is 8.45. The lowest BCUT2D eigenvalue weighted by Crippen LogP contribution is -2.33. The minimum absolute atomic E-state index is 0.165. The highest BCUT2D eigenvalue weighted by Gasteiger charge is 2.34. The van der Waals surface area contributed by atoms with Crippen LogP contribution in [-0.4, -0.2) is 15.6 Å². The normalized spacial score (nSPS) is 21.9. The van der Waals surface area contributed by atoms with Crippen LogP contribution >= 0.6 is 0 Å². The number of benzene rings is 1. The highest BCUT2D eigenvalue weighted by molar-refractivity contribution is 5.88. The molecule has 1 aliphatic rings. The van der Waals surface area contributed by atoms with Gasteiger partial charge in [-0.25, -0.2) is 0 Å². The molecule has 1 aromatic rings. The van der Waals surface area contributed by atoms with E-state index in [1.165, 1.54) is 25.0 Å². The van der Waals surface area contributed by atoms with E-state index in [0.29, 0.717) is 17.3 Å². The van der Waals surface area contributed by atoms with Crippen LogP contribution in [0.5, 0.6) is 0 Å². The number of rotatable bonds is 7. The van der Waals surface area contributed by atoms with Crippen molar-refractivity contribution in [3.8, 4) is 0 Å². The molecule has 1 aliphatic carbocycles. The minimum Gasteiger partial charge on any atom is -0.272 e.